The number of benzene rings is 1. The first-order valence-corrected chi connectivity index (χ1v) is 7.10. The van der Waals surface area contributed by atoms with Gasteiger partial charge in [0.25, 0.3) is 0 Å². The van der Waals surface area contributed by atoms with Crippen molar-refractivity contribution < 1.29 is 4.74 Å². The van der Waals surface area contributed by atoms with Gasteiger partial charge in [0, 0.05) is 30.0 Å². The second-order valence-corrected chi connectivity index (χ2v) is 4.86. The molecule has 3 heteroatoms. The van der Waals surface area contributed by atoms with Gasteiger partial charge in [-0.1, -0.05) is 18.2 Å². The van der Waals surface area contributed by atoms with E-state index < -0.39 is 0 Å². The number of ether oxygens (including phenoxy) is 1. The smallest absolute Gasteiger partial charge is 0.124 e. The number of nitrogens with zero attached hydrogens (tertiary/aromatic N) is 1. The maximum absolute atomic E-state index is 5.70. The lowest BCUT2D eigenvalue weighted by molar-refractivity contribution is 0.331. The van der Waals surface area contributed by atoms with Gasteiger partial charge in [0.1, 0.15) is 5.75 Å². The average Bonchev–Trinajstić information content (AvgIpc) is 2.49. The van der Waals surface area contributed by atoms with E-state index in [9.17, 15) is 0 Å². The van der Waals surface area contributed by atoms with Crippen LogP contribution in [-0.2, 0) is 0 Å². The lowest BCUT2D eigenvalue weighted by atomic mass is 10.0. The number of para-hydroxylation sites is 1. The van der Waals surface area contributed by atoms with Gasteiger partial charge in [-0.25, -0.2) is 0 Å². The van der Waals surface area contributed by atoms with Crippen molar-refractivity contribution in [3.63, 3.8) is 0 Å². The van der Waals surface area contributed by atoms with Crippen LogP contribution < -0.4 is 10.1 Å². The monoisotopic (exact) mass is 270 g/mol. The lowest BCUT2D eigenvalue weighted by Gasteiger charge is -2.22. The second-order valence-electron chi connectivity index (χ2n) is 4.86. The van der Waals surface area contributed by atoms with E-state index in [2.05, 4.69) is 30.2 Å². The topological polar surface area (TPSA) is 34.1 Å². The summed E-state index contributed by atoms with van der Waals surface area (Å²) in [5, 5.41) is 3.60. The van der Waals surface area contributed by atoms with Crippen molar-refractivity contribution in [3.8, 4) is 5.75 Å². The minimum Gasteiger partial charge on any atom is -0.494 e. The highest BCUT2D eigenvalue weighted by Crippen LogP contribution is 2.27. The molecule has 2 rings (SSSR count). The van der Waals surface area contributed by atoms with E-state index >= 15 is 0 Å². The Morgan fingerprint density at radius 2 is 1.75 bits per heavy atom. The first-order valence-electron chi connectivity index (χ1n) is 7.10. The fourth-order valence-electron chi connectivity index (χ4n) is 2.34. The Morgan fingerprint density at radius 1 is 1.05 bits per heavy atom. The Bertz CT molecular complexity index is 528. The van der Waals surface area contributed by atoms with Crippen molar-refractivity contribution >= 4 is 0 Å². The molecule has 1 aromatic carbocycles. The number of pyridine rings is 1. The molecular weight excluding hydrogens is 248 g/mol. The van der Waals surface area contributed by atoms with Crippen molar-refractivity contribution in [3.05, 3.63) is 59.9 Å². The van der Waals surface area contributed by atoms with Gasteiger partial charge in [0.2, 0.25) is 0 Å². The van der Waals surface area contributed by atoms with E-state index in [1.807, 2.05) is 49.6 Å². The molecule has 106 valence electrons. The van der Waals surface area contributed by atoms with E-state index in [1.165, 1.54) is 11.1 Å². The number of hydrogen-bond acceptors (Lipinski definition) is 3. The van der Waals surface area contributed by atoms with Gasteiger partial charge >= 0.3 is 0 Å². The summed E-state index contributed by atoms with van der Waals surface area (Å²) in [6, 6.07) is 12.8. The maximum Gasteiger partial charge on any atom is 0.124 e. The van der Waals surface area contributed by atoms with Crippen LogP contribution in [-0.4, -0.2) is 11.6 Å². The Kier molecular flexibility index (Phi) is 5.13. The number of rotatable bonds is 6. The highest BCUT2D eigenvalue weighted by Gasteiger charge is 2.14. The predicted molar refractivity (Wildman–Crippen MR) is 81.8 cm³/mol. The van der Waals surface area contributed by atoms with Crippen LogP contribution in [0, 0.1) is 0 Å². The van der Waals surface area contributed by atoms with E-state index in [0.29, 0.717) is 6.61 Å². The van der Waals surface area contributed by atoms with Crippen molar-refractivity contribution in [2.45, 2.75) is 32.9 Å². The van der Waals surface area contributed by atoms with Crippen molar-refractivity contribution in [2.75, 3.05) is 6.61 Å². The molecule has 0 radical (unpaired) electrons. The first kappa shape index (κ1) is 14.5. The molecule has 2 atom stereocenters. The molecule has 2 unspecified atom stereocenters. The molecule has 0 aliphatic rings. The molecule has 0 aliphatic carbocycles. The van der Waals surface area contributed by atoms with E-state index in [1.54, 1.807) is 0 Å². The third-order valence-corrected chi connectivity index (χ3v) is 3.39. The minimum absolute atomic E-state index is 0.223. The molecule has 1 aromatic heterocycles. The summed E-state index contributed by atoms with van der Waals surface area (Å²) < 4.78 is 5.70. The summed E-state index contributed by atoms with van der Waals surface area (Å²) in [7, 11) is 0. The molecule has 0 amide bonds. The molecule has 0 spiro atoms. The molecular formula is C17H22N2O. The number of hydrogen-bond donors (Lipinski definition) is 1. The third kappa shape index (κ3) is 3.58. The quantitative estimate of drug-likeness (QED) is 0.864. The van der Waals surface area contributed by atoms with Crippen LogP contribution in [0.15, 0.2) is 48.8 Å². The van der Waals surface area contributed by atoms with Gasteiger partial charge in [-0.05, 0) is 44.5 Å². The third-order valence-electron chi connectivity index (χ3n) is 3.39. The summed E-state index contributed by atoms with van der Waals surface area (Å²) in [5.41, 5.74) is 2.43. The van der Waals surface area contributed by atoms with Crippen LogP contribution in [0.4, 0.5) is 0 Å². The summed E-state index contributed by atoms with van der Waals surface area (Å²) in [6.45, 7) is 7.02. The van der Waals surface area contributed by atoms with E-state index in [0.717, 1.165) is 5.75 Å². The Labute approximate surface area is 121 Å². The highest BCUT2D eigenvalue weighted by atomic mass is 16.5. The molecule has 1 N–H and O–H groups in total. The summed E-state index contributed by atoms with van der Waals surface area (Å²) in [6.07, 6.45) is 3.65. The molecule has 0 bridgehead atoms. The fraction of sp³-hybridized carbons (Fsp3) is 0.353. The van der Waals surface area contributed by atoms with Gasteiger partial charge < -0.3 is 10.1 Å². The van der Waals surface area contributed by atoms with Crippen LogP contribution in [0.2, 0.25) is 0 Å². The van der Waals surface area contributed by atoms with Gasteiger partial charge in [-0.3, -0.25) is 4.98 Å². The molecule has 0 aliphatic heterocycles. The maximum atomic E-state index is 5.70. The molecule has 3 nitrogen and oxygen atoms in total. The predicted octanol–water partition coefficient (Wildman–Crippen LogP) is 3.89. The Balaban J connectivity index is 2.10. The zero-order valence-electron chi connectivity index (χ0n) is 12.3. The molecule has 20 heavy (non-hydrogen) atoms. The SMILES string of the molecule is CCOc1ccccc1C(C)NC(C)c1ccncc1. The van der Waals surface area contributed by atoms with Crippen LogP contribution >= 0.6 is 0 Å². The minimum atomic E-state index is 0.223. The zero-order valence-corrected chi connectivity index (χ0v) is 12.3. The van der Waals surface area contributed by atoms with Crippen LogP contribution in [0.25, 0.3) is 0 Å². The summed E-state index contributed by atoms with van der Waals surface area (Å²) in [5.74, 6) is 0.955. The summed E-state index contributed by atoms with van der Waals surface area (Å²) in [4.78, 5) is 4.06. The highest BCUT2D eigenvalue weighted by molar-refractivity contribution is 5.35. The van der Waals surface area contributed by atoms with Crippen LogP contribution in [0.1, 0.15) is 44.0 Å². The van der Waals surface area contributed by atoms with Crippen LogP contribution in [0.5, 0.6) is 5.75 Å². The Hall–Kier alpha value is -1.87. The largest absolute Gasteiger partial charge is 0.494 e. The van der Waals surface area contributed by atoms with E-state index in [4.69, 9.17) is 4.74 Å². The number of aromatic nitrogens is 1. The second kappa shape index (κ2) is 7.06. The molecule has 0 saturated heterocycles. The van der Waals surface area contributed by atoms with E-state index in [-0.39, 0.29) is 12.1 Å². The zero-order chi connectivity index (χ0) is 14.4. The first-order chi connectivity index (χ1) is 9.72. The van der Waals surface area contributed by atoms with Gasteiger partial charge in [0.15, 0.2) is 0 Å². The average molecular weight is 270 g/mol. The normalized spacial score (nSPS) is 13.8. The Morgan fingerprint density at radius 3 is 2.45 bits per heavy atom. The molecule has 0 fully saturated rings. The molecule has 1 heterocycles. The lowest BCUT2D eigenvalue weighted by Crippen LogP contribution is -2.23. The fourth-order valence-corrected chi connectivity index (χ4v) is 2.34. The van der Waals surface area contributed by atoms with Gasteiger partial charge in [-0.2, -0.15) is 0 Å². The molecule has 0 saturated carbocycles. The number of nitrogens with one attached hydrogen (secondary N) is 1. The standard InChI is InChI=1S/C17H22N2O/c1-4-20-17-8-6-5-7-16(17)14(3)19-13(2)15-9-11-18-12-10-15/h5-14,19H,4H2,1-3H3. The summed E-state index contributed by atoms with van der Waals surface area (Å²) >= 11 is 0. The van der Waals surface area contributed by atoms with Crippen molar-refractivity contribution in [2.24, 2.45) is 0 Å². The molecule has 2 aromatic rings. The van der Waals surface area contributed by atoms with Crippen molar-refractivity contribution in [1.29, 1.82) is 0 Å². The van der Waals surface area contributed by atoms with Gasteiger partial charge in [-0.15, -0.1) is 0 Å². The van der Waals surface area contributed by atoms with Crippen LogP contribution in [0.3, 0.4) is 0 Å². The van der Waals surface area contributed by atoms with Crippen molar-refractivity contribution in [1.82, 2.24) is 10.3 Å². The van der Waals surface area contributed by atoms with Gasteiger partial charge in [0.05, 0.1) is 6.61 Å².